The molecule has 3 nitrogen and oxygen atoms in total. The summed E-state index contributed by atoms with van der Waals surface area (Å²) in [4.78, 5) is 15.1. The molecular weight excluding hydrogens is 268 g/mol. The van der Waals surface area contributed by atoms with Crippen molar-refractivity contribution in [3.8, 4) is 0 Å². The normalized spacial score (nSPS) is 16.2. The van der Waals surface area contributed by atoms with Gasteiger partial charge in [-0.2, -0.15) is 0 Å². The van der Waals surface area contributed by atoms with Crippen molar-refractivity contribution >= 4 is 29.7 Å². The number of carbonyl (C=O) groups is 1. The highest BCUT2D eigenvalue weighted by molar-refractivity contribution is 7.09. The number of thiophene rings is 1. The molecule has 0 unspecified atom stereocenters. The summed E-state index contributed by atoms with van der Waals surface area (Å²) in [6.07, 6.45) is 4.17. The van der Waals surface area contributed by atoms with Crippen molar-refractivity contribution in [3.63, 3.8) is 0 Å². The molecule has 1 aromatic heterocycles. The Hall–Kier alpha value is -0.580. The van der Waals surface area contributed by atoms with E-state index in [9.17, 15) is 4.79 Å². The third-order valence-electron chi connectivity index (χ3n) is 3.11. The van der Waals surface area contributed by atoms with Crippen LogP contribution in [-0.2, 0) is 11.3 Å². The Kier molecular flexibility index (Phi) is 7.32. The summed E-state index contributed by atoms with van der Waals surface area (Å²) in [5.41, 5.74) is 0. The average Bonchev–Trinajstić information content (AvgIpc) is 2.76. The van der Waals surface area contributed by atoms with E-state index in [1.807, 2.05) is 4.90 Å². The van der Waals surface area contributed by atoms with E-state index in [1.165, 1.54) is 11.3 Å². The van der Waals surface area contributed by atoms with Gasteiger partial charge in [0, 0.05) is 37.5 Å². The molecule has 0 radical (unpaired) electrons. The Bertz CT molecular complexity index is 343. The molecule has 102 valence electrons. The lowest BCUT2D eigenvalue weighted by molar-refractivity contribution is -0.130. The van der Waals surface area contributed by atoms with Gasteiger partial charge in [-0.25, -0.2) is 0 Å². The van der Waals surface area contributed by atoms with Gasteiger partial charge in [-0.15, -0.1) is 23.7 Å². The first kappa shape index (κ1) is 15.5. The second kappa shape index (κ2) is 8.51. The van der Waals surface area contributed by atoms with Gasteiger partial charge in [0.05, 0.1) is 0 Å². The molecule has 18 heavy (non-hydrogen) atoms. The first-order valence-electron chi connectivity index (χ1n) is 6.37. The van der Waals surface area contributed by atoms with E-state index in [2.05, 4.69) is 22.8 Å². The number of nitrogens with one attached hydrogen (secondary N) is 1. The fraction of sp³-hybridized carbons (Fsp3) is 0.615. The second-order valence-corrected chi connectivity index (χ2v) is 5.48. The van der Waals surface area contributed by atoms with Crippen LogP contribution in [-0.4, -0.2) is 30.4 Å². The van der Waals surface area contributed by atoms with Crippen LogP contribution in [0.4, 0.5) is 0 Å². The fourth-order valence-electron chi connectivity index (χ4n) is 2.11. The van der Waals surface area contributed by atoms with Crippen LogP contribution >= 0.6 is 23.7 Å². The van der Waals surface area contributed by atoms with Gasteiger partial charge < -0.3 is 10.2 Å². The predicted octanol–water partition coefficient (Wildman–Crippen LogP) is 2.66. The number of hydrogen-bond donors (Lipinski definition) is 1. The SMILES string of the molecule is Cl.O=C1CCCCCN1CCNCc1cccs1. The van der Waals surface area contributed by atoms with Gasteiger partial charge >= 0.3 is 0 Å². The first-order valence-corrected chi connectivity index (χ1v) is 7.25. The van der Waals surface area contributed by atoms with E-state index in [-0.39, 0.29) is 12.4 Å². The van der Waals surface area contributed by atoms with Crippen LogP contribution in [0.2, 0.25) is 0 Å². The van der Waals surface area contributed by atoms with Gasteiger partial charge in [0.25, 0.3) is 0 Å². The van der Waals surface area contributed by atoms with Crippen LogP contribution in [0.25, 0.3) is 0 Å². The Morgan fingerprint density at radius 3 is 3.00 bits per heavy atom. The number of amides is 1. The van der Waals surface area contributed by atoms with Crippen molar-refractivity contribution in [3.05, 3.63) is 22.4 Å². The molecule has 1 aliphatic heterocycles. The number of halogens is 1. The molecule has 1 N–H and O–H groups in total. The monoisotopic (exact) mass is 288 g/mol. The standard InChI is InChI=1S/C13H20N2OS.ClH/c16-13-6-2-1-3-8-15(13)9-7-14-11-12-5-4-10-17-12;/h4-5,10,14H,1-3,6-9,11H2;1H. The molecule has 0 aromatic carbocycles. The van der Waals surface area contributed by atoms with Crippen LogP contribution in [0.15, 0.2) is 17.5 Å². The smallest absolute Gasteiger partial charge is 0.222 e. The van der Waals surface area contributed by atoms with Gasteiger partial charge in [-0.1, -0.05) is 12.5 Å². The number of hydrogen-bond acceptors (Lipinski definition) is 3. The van der Waals surface area contributed by atoms with Crippen LogP contribution in [0.5, 0.6) is 0 Å². The maximum Gasteiger partial charge on any atom is 0.222 e. The summed E-state index contributed by atoms with van der Waals surface area (Å²) in [5.74, 6) is 0.334. The molecule has 1 aliphatic rings. The maximum atomic E-state index is 11.7. The molecular formula is C13H21ClN2OS. The lowest BCUT2D eigenvalue weighted by atomic mass is 10.2. The van der Waals surface area contributed by atoms with E-state index >= 15 is 0 Å². The maximum absolute atomic E-state index is 11.7. The van der Waals surface area contributed by atoms with Gasteiger partial charge in [0.1, 0.15) is 0 Å². The van der Waals surface area contributed by atoms with E-state index in [4.69, 9.17) is 0 Å². The van der Waals surface area contributed by atoms with Crippen molar-refractivity contribution in [2.24, 2.45) is 0 Å². The summed E-state index contributed by atoms with van der Waals surface area (Å²) >= 11 is 1.77. The van der Waals surface area contributed by atoms with Crippen LogP contribution in [0.3, 0.4) is 0 Å². The molecule has 0 saturated carbocycles. The largest absolute Gasteiger partial charge is 0.341 e. The molecule has 0 atom stereocenters. The fourth-order valence-corrected chi connectivity index (χ4v) is 2.79. The zero-order valence-electron chi connectivity index (χ0n) is 10.6. The second-order valence-electron chi connectivity index (χ2n) is 4.45. The van der Waals surface area contributed by atoms with Crippen LogP contribution in [0.1, 0.15) is 30.6 Å². The summed E-state index contributed by atoms with van der Waals surface area (Å²) in [5, 5.41) is 5.49. The van der Waals surface area contributed by atoms with Crippen molar-refractivity contribution in [1.29, 1.82) is 0 Å². The quantitative estimate of drug-likeness (QED) is 0.845. The lowest BCUT2D eigenvalue weighted by Gasteiger charge is -2.20. The molecule has 2 rings (SSSR count). The molecule has 0 spiro atoms. The van der Waals surface area contributed by atoms with Crippen molar-refractivity contribution in [1.82, 2.24) is 10.2 Å². The molecule has 0 bridgehead atoms. The zero-order chi connectivity index (χ0) is 11.9. The van der Waals surface area contributed by atoms with E-state index < -0.39 is 0 Å². The highest BCUT2D eigenvalue weighted by atomic mass is 35.5. The number of nitrogens with zero attached hydrogens (tertiary/aromatic N) is 1. The summed E-state index contributed by atoms with van der Waals surface area (Å²) in [7, 11) is 0. The summed E-state index contributed by atoms with van der Waals surface area (Å²) in [6, 6.07) is 4.20. The Labute approximate surface area is 119 Å². The van der Waals surface area contributed by atoms with Crippen molar-refractivity contribution in [2.75, 3.05) is 19.6 Å². The zero-order valence-corrected chi connectivity index (χ0v) is 12.2. The van der Waals surface area contributed by atoms with Gasteiger partial charge in [0.2, 0.25) is 5.91 Å². The summed E-state index contributed by atoms with van der Waals surface area (Å²) in [6.45, 7) is 3.60. The number of carbonyl (C=O) groups excluding carboxylic acids is 1. The Balaban J connectivity index is 0.00000162. The minimum Gasteiger partial charge on any atom is -0.341 e. The highest BCUT2D eigenvalue weighted by Crippen LogP contribution is 2.10. The molecule has 1 amide bonds. The third-order valence-corrected chi connectivity index (χ3v) is 3.99. The molecule has 2 heterocycles. The third kappa shape index (κ3) is 4.96. The number of rotatable bonds is 5. The first-order chi connectivity index (χ1) is 8.36. The Morgan fingerprint density at radius 2 is 2.22 bits per heavy atom. The van der Waals surface area contributed by atoms with Gasteiger partial charge in [-0.3, -0.25) is 4.79 Å². The van der Waals surface area contributed by atoms with Gasteiger partial charge in [-0.05, 0) is 24.3 Å². The molecule has 1 saturated heterocycles. The van der Waals surface area contributed by atoms with E-state index in [0.717, 1.165) is 45.4 Å². The average molecular weight is 289 g/mol. The predicted molar refractivity (Wildman–Crippen MR) is 78.3 cm³/mol. The van der Waals surface area contributed by atoms with Crippen molar-refractivity contribution < 1.29 is 4.79 Å². The molecule has 1 aromatic rings. The Morgan fingerprint density at radius 1 is 1.33 bits per heavy atom. The topological polar surface area (TPSA) is 32.3 Å². The molecule has 5 heteroatoms. The molecule has 0 aliphatic carbocycles. The van der Waals surface area contributed by atoms with Crippen LogP contribution in [0, 0.1) is 0 Å². The van der Waals surface area contributed by atoms with E-state index in [0.29, 0.717) is 5.91 Å². The van der Waals surface area contributed by atoms with E-state index in [1.54, 1.807) is 11.3 Å². The lowest BCUT2D eigenvalue weighted by Crippen LogP contribution is -2.36. The molecule has 1 fully saturated rings. The van der Waals surface area contributed by atoms with Crippen molar-refractivity contribution in [2.45, 2.75) is 32.2 Å². The van der Waals surface area contributed by atoms with Gasteiger partial charge in [0.15, 0.2) is 0 Å². The summed E-state index contributed by atoms with van der Waals surface area (Å²) < 4.78 is 0. The number of likely N-dealkylation sites (tertiary alicyclic amines) is 1. The highest BCUT2D eigenvalue weighted by Gasteiger charge is 2.15. The minimum absolute atomic E-state index is 0. The minimum atomic E-state index is 0. The van der Waals surface area contributed by atoms with Crippen LogP contribution < -0.4 is 5.32 Å².